The van der Waals surface area contributed by atoms with Gasteiger partial charge in [0.15, 0.2) is 5.82 Å². The number of nitrogens with zero attached hydrogens (tertiary/aromatic N) is 3. The van der Waals surface area contributed by atoms with Gasteiger partial charge in [-0.2, -0.15) is 23.5 Å². The molecule has 3 rings (SSSR count). The number of nitrogens with two attached hydrogens (primary N) is 1. The number of primary amides is 1. The zero-order chi connectivity index (χ0) is 21.9. The lowest BCUT2D eigenvalue weighted by molar-refractivity contribution is -0.133. The number of nitrogens with one attached hydrogen (secondary N) is 2. The first kappa shape index (κ1) is 22.1. The molecule has 0 unspecified atom stereocenters. The number of rotatable bonds is 8. The lowest BCUT2D eigenvalue weighted by Gasteiger charge is -2.39. The molecule has 2 aliphatic rings. The Morgan fingerprint density at radius 3 is 2.50 bits per heavy atom. The second-order valence-corrected chi connectivity index (χ2v) is 8.12. The smallest absolute Gasteiger partial charge is 0.365 e. The largest absolute Gasteiger partial charge is 0.390 e. The number of aromatic nitrogens is 2. The van der Waals surface area contributed by atoms with Crippen molar-refractivity contribution in [2.75, 3.05) is 11.9 Å². The van der Waals surface area contributed by atoms with Gasteiger partial charge in [-0.1, -0.05) is 0 Å². The third-order valence-corrected chi connectivity index (χ3v) is 5.82. The molecule has 2 amide bonds. The van der Waals surface area contributed by atoms with Gasteiger partial charge in [-0.05, 0) is 38.5 Å². The normalized spacial score (nSPS) is 24.3. The quantitative estimate of drug-likeness (QED) is 0.589. The lowest BCUT2D eigenvalue weighted by atomic mass is 9.77. The Bertz CT molecular complexity index is 832. The summed E-state index contributed by atoms with van der Waals surface area (Å²) in [6.07, 6.45) is 0.201. The van der Waals surface area contributed by atoms with Gasteiger partial charge in [-0.3, -0.25) is 14.3 Å². The third kappa shape index (κ3) is 5.30. The maximum atomic E-state index is 12.3. The molecule has 8 nitrogen and oxygen atoms in total. The number of amides is 2. The molecule has 2 fully saturated rings. The minimum atomic E-state index is -4.20. The van der Waals surface area contributed by atoms with E-state index in [0.717, 1.165) is 12.8 Å². The Morgan fingerprint density at radius 1 is 1.30 bits per heavy atom. The van der Waals surface area contributed by atoms with Gasteiger partial charge < -0.3 is 16.4 Å². The average Bonchev–Trinajstić information content (AvgIpc) is 3.43. The van der Waals surface area contributed by atoms with Crippen LogP contribution < -0.4 is 16.4 Å². The summed E-state index contributed by atoms with van der Waals surface area (Å²) >= 11 is 0. The molecule has 0 saturated heterocycles. The van der Waals surface area contributed by atoms with Crippen molar-refractivity contribution in [2.24, 2.45) is 11.7 Å². The monoisotopic (exact) mass is 426 g/mol. The van der Waals surface area contributed by atoms with Crippen molar-refractivity contribution in [1.29, 1.82) is 5.26 Å². The van der Waals surface area contributed by atoms with Crippen molar-refractivity contribution in [3.05, 3.63) is 11.8 Å². The highest BCUT2D eigenvalue weighted by molar-refractivity contribution is 6.02. The average molecular weight is 426 g/mol. The van der Waals surface area contributed by atoms with Gasteiger partial charge in [0.2, 0.25) is 5.91 Å². The van der Waals surface area contributed by atoms with Crippen LogP contribution in [-0.4, -0.2) is 40.4 Å². The predicted molar refractivity (Wildman–Crippen MR) is 101 cm³/mol. The van der Waals surface area contributed by atoms with Crippen molar-refractivity contribution < 1.29 is 22.8 Å². The minimum Gasteiger partial charge on any atom is -0.365 e. The van der Waals surface area contributed by atoms with Gasteiger partial charge >= 0.3 is 6.18 Å². The van der Waals surface area contributed by atoms with Gasteiger partial charge in [0.25, 0.3) is 5.91 Å². The SMILES string of the molecule is N#CC[C@]1(n2cc(C(N)=O)c(NC(=O)C3CC3)n2)CC[C@@H](NCCC(F)(F)F)CC1. The molecule has 0 spiro atoms. The van der Waals surface area contributed by atoms with Gasteiger partial charge in [0.05, 0.1) is 24.4 Å². The van der Waals surface area contributed by atoms with Crippen LogP contribution in [0.3, 0.4) is 0 Å². The van der Waals surface area contributed by atoms with E-state index in [1.807, 2.05) is 0 Å². The number of carbonyl (C=O) groups excluding carboxylic acids is 2. The van der Waals surface area contributed by atoms with Crippen LogP contribution in [0.2, 0.25) is 0 Å². The summed E-state index contributed by atoms with van der Waals surface area (Å²) in [5.41, 5.74) is 4.81. The predicted octanol–water partition coefficient (Wildman–Crippen LogP) is 2.42. The van der Waals surface area contributed by atoms with Crippen LogP contribution in [0, 0.1) is 17.2 Å². The van der Waals surface area contributed by atoms with Crippen molar-refractivity contribution in [3.63, 3.8) is 0 Å². The molecule has 11 heteroatoms. The van der Waals surface area contributed by atoms with Crippen LogP contribution in [0.15, 0.2) is 6.20 Å². The number of anilines is 1. The Balaban J connectivity index is 1.72. The molecule has 2 aliphatic carbocycles. The number of alkyl halides is 3. The van der Waals surface area contributed by atoms with Gasteiger partial charge in [0.1, 0.15) is 5.56 Å². The van der Waals surface area contributed by atoms with E-state index in [1.165, 1.54) is 10.9 Å². The molecular formula is C19H25F3N6O2. The number of carbonyl (C=O) groups is 2. The van der Waals surface area contributed by atoms with E-state index in [9.17, 15) is 28.0 Å². The zero-order valence-corrected chi connectivity index (χ0v) is 16.5. The van der Waals surface area contributed by atoms with Crippen molar-refractivity contribution in [3.8, 4) is 6.07 Å². The number of hydrogen-bond acceptors (Lipinski definition) is 5. The molecule has 0 aliphatic heterocycles. The van der Waals surface area contributed by atoms with Crippen LogP contribution in [0.5, 0.6) is 0 Å². The fourth-order valence-corrected chi connectivity index (χ4v) is 3.87. The molecule has 0 bridgehead atoms. The maximum Gasteiger partial charge on any atom is 0.390 e. The van der Waals surface area contributed by atoms with Gasteiger partial charge in [0, 0.05) is 24.7 Å². The Labute approximate surface area is 172 Å². The molecule has 0 radical (unpaired) electrons. The van der Waals surface area contributed by atoms with Gasteiger partial charge in [-0.15, -0.1) is 0 Å². The summed E-state index contributed by atoms with van der Waals surface area (Å²) < 4.78 is 38.6. The molecule has 0 atom stereocenters. The second kappa shape index (κ2) is 8.63. The topological polar surface area (TPSA) is 126 Å². The summed E-state index contributed by atoms with van der Waals surface area (Å²) in [4.78, 5) is 24.0. The number of hydrogen-bond donors (Lipinski definition) is 3. The molecule has 2 saturated carbocycles. The highest BCUT2D eigenvalue weighted by Crippen LogP contribution is 2.39. The zero-order valence-electron chi connectivity index (χ0n) is 16.5. The van der Waals surface area contributed by atoms with Crippen LogP contribution in [0.4, 0.5) is 19.0 Å². The van der Waals surface area contributed by atoms with Crippen molar-refractivity contribution >= 4 is 17.6 Å². The molecule has 1 heterocycles. The van der Waals surface area contributed by atoms with Crippen molar-refractivity contribution in [1.82, 2.24) is 15.1 Å². The van der Waals surface area contributed by atoms with Crippen LogP contribution in [0.1, 0.15) is 61.7 Å². The first-order chi connectivity index (χ1) is 14.1. The van der Waals surface area contributed by atoms with E-state index in [2.05, 4.69) is 21.8 Å². The summed E-state index contributed by atoms with van der Waals surface area (Å²) in [5, 5.41) is 19.3. The second-order valence-electron chi connectivity index (χ2n) is 8.12. The van der Waals surface area contributed by atoms with Crippen molar-refractivity contribution in [2.45, 2.75) is 69.1 Å². The lowest BCUT2D eigenvalue weighted by Crippen LogP contribution is -2.44. The fourth-order valence-electron chi connectivity index (χ4n) is 3.87. The summed E-state index contributed by atoms with van der Waals surface area (Å²) in [5.74, 6) is -0.944. The van der Waals surface area contributed by atoms with E-state index in [1.54, 1.807) is 0 Å². The third-order valence-electron chi connectivity index (χ3n) is 5.82. The number of halogens is 3. The van der Waals surface area contributed by atoms with E-state index in [4.69, 9.17) is 5.73 Å². The van der Waals surface area contributed by atoms with Crippen LogP contribution in [-0.2, 0) is 10.3 Å². The molecular weight excluding hydrogens is 401 g/mol. The first-order valence-electron chi connectivity index (χ1n) is 10.0. The number of nitriles is 1. The van der Waals surface area contributed by atoms with Crippen LogP contribution in [0.25, 0.3) is 0 Å². The minimum absolute atomic E-state index is 0.0757. The summed E-state index contributed by atoms with van der Waals surface area (Å²) in [6, 6.07) is 2.06. The van der Waals surface area contributed by atoms with Crippen LogP contribution >= 0.6 is 0 Å². The Hall–Kier alpha value is -2.61. The molecule has 4 N–H and O–H groups in total. The van der Waals surface area contributed by atoms with E-state index in [-0.39, 0.29) is 42.2 Å². The Morgan fingerprint density at radius 2 is 1.97 bits per heavy atom. The Kier molecular flexibility index (Phi) is 6.36. The highest BCUT2D eigenvalue weighted by atomic mass is 19.4. The van der Waals surface area contributed by atoms with E-state index >= 15 is 0 Å². The highest BCUT2D eigenvalue weighted by Gasteiger charge is 2.39. The van der Waals surface area contributed by atoms with E-state index in [0.29, 0.717) is 25.7 Å². The maximum absolute atomic E-state index is 12.3. The first-order valence-corrected chi connectivity index (χ1v) is 10.0. The standard InChI is InChI=1S/C19H25F3N6O2/c20-19(21,22)8-10-25-13-3-5-18(6-4-13,7-9-23)28-11-14(15(24)29)16(27-28)26-17(30)12-1-2-12/h11-13,25H,1-8,10H2,(H2,24,29)(H,26,27,30)/t13-,18+. The molecule has 1 aromatic heterocycles. The van der Waals surface area contributed by atoms with Gasteiger partial charge in [-0.25, -0.2) is 0 Å². The molecule has 0 aromatic carbocycles. The van der Waals surface area contributed by atoms with E-state index < -0.39 is 24.0 Å². The molecule has 30 heavy (non-hydrogen) atoms. The summed E-state index contributed by atoms with van der Waals surface area (Å²) in [6.45, 7) is -0.148. The fraction of sp³-hybridized carbons (Fsp3) is 0.684. The molecule has 1 aromatic rings. The summed E-state index contributed by atoms with van der Waals surface area (Å²) in [7, 11) is 0. The molecule has 164 valence electrons.